The number of halogens is 1. The van der Waals surface area contributed by atoms with Crippen molar-refractivity contribution < 1.29 is 8.42 Å². The summed E-state index contributed by atoms with van der Waals surface area (Å²) in [5, 5.41) is 4.00. The first-order valence-corrected chi connectivity index (χ1v) is 9.51. The van der Waals surface area contributed by atoms with Crippen molar-refractivity contribution in [2.75, 3.05) is 24.6 Å². The largest absolute Gasteiger partial charge is 0.307 e. The number of likely N-dealkylation sites (tertiary alicyclic amines) is 1. The SMILES string of the molecule is O=S1(=O)C[C@H](NCc2ccncc2Cl)[C@H](N2CCCC2)C1. The zero-order valence-electron chi connectivity index (χ0n) is 11.8. The minimum Gasteiger partial charge on any atom is -0.307 e. The average molecular weight is 330 g/mol. The summed E-state index contributed by atoms with van der Waals surface area (Å²) in [6.45, 7) is 2.59. The summed E-state index contributed by atoms with van der Waals surface area (Å²) >= 11 is 6.10. The van der Waals surface area contributed by atoms with Gasteiger partial charge in [0.2, 0.25) is 0 Å². The highest BCUT2D eigenvalue weighted by Crippen LogP contribution is 2.23. The highest BCUT2D eigenvalue weighted by atomic mass is 35.5. The van der Waals surface area contributed by atoms with Gasteiger partial charge in [0.25, 0.3) is 0 Å². The molecule has 3 heterocycles. The molecule has 2 fully saturated rings. The molecule has 0 bridgehead atoms. The Labute approximate surface area is 130 Å². The van der Waals surface area contributed by atoms with Crippen molar-refractivity contribution in [3.63, 3.8) is 0 Å². The van der Waals surface area contributed by atoms with Crippen molar-refractivity contribution in [1.82, 2.24) is 15.2 Å². The molecule has 21 heavy (non-hydrogen) atoms. The molecule has 7 heteroatoms. The average Bonchev–Trinajstić information content (AvgIpc) is 3.05. The third-order valence-corrected chi connectivity index (χ3v) is 6.40. The van der Waals surface area contributed by atoms with Gasteiger partial charge >= 0.3 is 0 Å². The van der Waals surface area contributed by atoms with Crippen LogP contribution in [0.15, 0.2) is 18.5 Å². The highest BCUT2D eigenvalue weighted by Gasteiger charge is 2.41. The second kappa shape index (κ2) is 6.20. The standard InChI is InChI=1S/C14H20ClN3O2S/c15-12-8-16-4-3-11(12)7-17-13-9-21(19,20)10-14(13)18-5-1-2-6-18/h3-4,8,13-14,17H,1-2,5-7,9-10H2/t13-,14+/m0/s1. The van der Waals surface area contributed by atoms with Gasteiger partial charge in [-0.1, -0.05) is 11.6 Å². The van der Waals surface area contributed by atoms with E-state index < -0.39 is 9.84 Å². The molecular formula is C14H20ClN3O2S. The molecule has 3 rings (SSSR count). The number of pyridine rings is 1. The zero-order valence-corrected chi connectivity index (χ0v) is 13.4. The van der Waals surface area contributed by atoms with Crippen LogP contribution in [0, 0.1) is 0 Å². The van der Waals surface area contributed by atoms with Gasteiger partial charge in [0.1, 0.15) is 0 Å². The van der Waals surface area contributed by atoms with Crippen molar-refractivity contribution in [3.05, 3.63) is 29.0 Å². The molecule has 0 spiro atoms. The van der Waals surface area contributed by atoms with Gasteiger partial charge < -0.3 is 5.32 Å². The molecule has 1 aromatic heterocycles. The Morgan fingerprint density at radius 1 is 1.33 bits per heavy atom. The van der Waals surface area contributed by atoms with Crippen LogP contribution < -0.4 is 5.32 Å². The smallest absolute Gasteiger partial charge is 0.153 e. The summed E-state index contributed by atoms with van der Waals surface area (Å²) in [7, 11) is -2.95. The Morgan fingerprint density at radius 3 is 2.81 bits per heavy atom. The lowest BCUT2D eigenvalue weighted by molar-refractivity contribution is 0.226. The molecule has 1 aromatic rings. The second-order valence-electron chi connectivity index (χ2n) is 5.84. The predicted molar refractivity (Wildman–Crippen MR) is 83.1 cm³/mol. The minimum absolute atomic E-state index is 0.0164. The van der Waals surface area contributed by atoms with Crippen LogP contribution in [0.5, 0.6) is 0 Å². The van der Waals surface area contributed by atoms with E-state index in [2.05, 4.69) is 15.2 Å². The molecule has 0 radical (unpaired) electrons. The van der Waals surface area contributed by atoms with Gasteiger partial charge in [-0.05, 0) is 37.6 Å². The van der Waals surface area contributed by atoms with Crippen LogP contribution in [0.2, 0.25) is 5.02 Å². The molecule has 5 nitrogen and oxygen atoms in total. The Bertz CT molecular complexity index is 602. The molecule has 0 aromatic carbocycles. The van der Waals surface area contributed by atoms with E-state index in [-0.39, 0.29) is 23.6 Å². The first-order chi connectivity index (χ1) is 10.1. The molecule has 0 aliphatic carbocycles. The summed E-state index contributed by atoms with van der Waals surface area (Å²) in [6, 6.07) is 1.94. The Balaban J connectivity index is 1.69. The van der Waals surface area contributed by atoms with Gasteiger partial charge in [0.05, 0.1) is 16.5 Å². The lowest BCUT2D eigenvalue weighted by Crippen LogP contribution is -2.48. The van der Waals surface area contributed by atoms with E-state index in [0.717, 1.165) is 18.7 Å². The van der Waals surface area contributed by atoms with Crippen LogP contribution in [0.4, 0.5) is 0 Å². The number of sulfone groups is 1. The van der Waals surface area contributed by atoms with Crippen LogP contribution >= 0.6 is 11.6 Å². The fourth-order valence-corrected chi connectivity index (χ4v) is 5.42. The maximum Gasteiger partial charge on any atom is 0.153 e. The Kier molecular flexibility index (Phi) is 4.49. The molecule has 0 unspecified atom stereocenters. The molecule has 2 aliphatic heterocycles. The summed E-state index contributed by atoms with van der Waals surface area (Å²) in [5.74, 6) is 0.492. The first-order valence-electron chi connectivity index (χ1n) is 7.31. The Morgan fingerprint density at radius 2 is 2.10 bits per heavy atom. The summed E-state index contributed by atoms with van der Waals surface area (Å²) in [6.07, 6.45) is 5.65. The van der Waals surface area contributed by atoms with Crippen molar-refractivity contribution in [2.24, 2.45) is 0 Å². The van der Waals surface area contributed by atoms with E-state index in [4.69, 9.17) is 11.6 Å². The summed E-state index contributed by atoms with van der Waals surface area (Å²) < 4.78 is 24.0. The van der Waals surface area contributed by atoms with Crippen LogP contribution in [-0.2, 0) is 16.4 Å². The van der Waals surface area contributed by atoms with E-state index in [1.165, 1.54) is 12.8 Å². The van der Waals surface area contributed by atoms with Crippen molar-refractivity contribution in [2.45, 2.75) is 31.5 Å². The maximum atomic E-state index is 12.0. The van der Waals surface area contributed by atoms with Gasteiger partial charge in [-0.3, -0.25) is 9.88 Å². The van der Waals surface area contributed by atoms with Crippen LogP contribution in [0.3, 0.4) is 0 Å². The summed E-state index contributed by atoms with van der Waals surface area (Å²) in [5.41, 5.74) is 0.955. The summed E-state index contributed by atoms with van der Waals surface area (Å²) in [4.78, 5) is 6.28. The zero-order chi connectivity index (χ0) is 14.9. The lowest BCUT2D eigenvalue weighted by Gasteiger charge is -2.28. The number of nitrogens with zero attached hydrogens (tertiary/aromatic N) is 2. The van der Waals surface area contributed by atoms with Crippen molar-refractivity contribution in [3.8, 4) is 0 Å². The van der Waals surface area contributed by atoms with E-state index in [1.54, 1.807) is 12.4 Å². The van der Waals surface area contributed by atoms with Gasteiger partial charge in [-0.2, -0.15) is 0 Å². The molecule has 2 aliphatic rings. The maximum absolute atomic E-state index is 12.0. The number of aromatic nitrogens is 1. The third-order valence-electron chi connectivity index (χ3n) is 4.34. The van der Waals surface area contributed by atoms with Gasteiger partial charge in [-0.15, -0.1) is 0 Å². The Hall–Kier alpha value is -0.690. The minimum atomic E-state index is -2.95. The van der Waals surface area contributed by atoms with E-state index in [9.17, 15) is 8.42 Å². The molecule has 0 amide bonds. The monoisotopic (exact) mass is 329 g/mol. The van der Waals surface area contributed by atoms with Gasteiger partial charge in [-0.25, -0.2) is 8.42 Å². The number of nitrogens with one attached hydrogen (secondary N) is 1. The molecule has 0 saturated carbocycles. The molecule has 2 saturated heterocycles. The fraction of sp³-hybridized carbons (Fsp3) is 0.643. The van der Waals surface area contributed by atoms with Crippen molar-refractivity contribution in [1.29, 1.82) is 0 Å². The van der Waals surface area contributed by atoms with E-state index in [0.29, 0.717) is 11.6 Å². The molecular weight excluding hydrogens is 310 g/mol. The van der Waals surface area contributed by atoms with E-state index >= 15 is 0 Å². The lowest BCUT2D eigenvalue weighted by atomic mass is 10.1. The first kappa shape index (κ1) is 15.2. The van der Waals surface area contributed by atoms with Crippen LogP contribution in [0.1, 0.15) is 18.4 Å². The van der Waals surface area contributed by atoms with E-state index in [1.807, 2.05) is 6.07 Å². The number of hydrogen-bond acceptors (Lipinski definition) is 5. The van der Waals surface area contributed by atoms with Crippen LogP contribution in [0.25, 0.3) is 0 Å². The second-order valence-corrected chi connectivity index (χ2v) is 8.40. The van der Waals surface area contributed by atoms with Crippen molar-refractivity contribution >= 4 is 21.4 Å². The van der Waals surface area contributed by atoms with Gasteiger partial charge in [0.15, 0.2) is 9.84 Å². The molecule has 2 atom stereocenters. The highest BCUT2D eigenvalue weighted by molar-refractivity contribution is 7.91. The predicted octanol–water partition coefficient (Wildman–Crippen LogP) is 1.09. The third kappa shape index (κ3) is 3.56. The number of rotatable bonds is 4. The van der Waals surface area contributed by atoms with Gasteiger partial charge in [0, 0.05) is 31.0 Å². The fourth-order valence-electron chi connectivity index (χ4n) is 3.25. The normalized spacial score (nSPS) is 29.0. The number of hydrogen-bond donors (Lipinski definition) is 1. The molecule has 116 valence electrons. The van der Waals surface area contributed by atoms with Crippen LogP contribution in [-0.4, -0.2) is 55.0 Å². The molecule has 1 N–H and O–H groups in total. The quantitative estimate of drug-likeness (QED) is 0.896. The topological polar surface area (TPSA) is 62.3 Å².